The van der Waals surface area contributed by atoms with Crippen molar-refractivity contribution in [3.05, 3.63) is 29.3 Å². The van der Waals surface area contributed by atoms with Crippen LogP contribution in [0.4, 0.5) is 5.69 Å². The minimum Gasteiger partial charge on any atom is -0.357 e. The lowest BCUT2D eigenvalue weighted by atomic mass is 9.92. The van der Waals surface area contributed by atoms with Crippen molar-refractivity contribution in [2.45, 2.75) is 77.7 Å². The van der Waals surface area contributed by atoms with Crippen molar-refractivity contribution in [1.29, 1.82) is 0 Å². The molecule has 0 aromatic heterocycles. The van der Waals surface area contributed by atoms with Crippen LogP contribution in [0.15, 0.2) is 18.2 Å². The van der Waals surface area contributed by atoms with Crippen LogP contribution in [0.2, 0.25) is 0 Å². The quantitative estimate of drug-likeness (QED) is 0.711. The molecule has 1 aliphatic rings. The average molecular weight is 319 g/mol. The molecule has 22 heavy (non-hydrogen) atoms. The molecule has 2 nitrogen and oxygen atoms in total. The summed E-state index contributed by atoms with van der Waals surface area (Å²) in [4.78, 5) is 0. The van der Waals surface area contributed by atoms with Gasteiger partial charge in [0.15, 0.2) is 5.11 Å². The van der Waals surface area contributed by atoms with Crippen molar-refractivity contribution < 1.29 is 0 Å². The average Bonchev–Trinajstić information content (AvgIpc) is 2.84. The number of benzene rings is 1. The Morgan fingerprint density at radius 3 is 2.00 bits per heavy atom. The summed E-state index contributed by atoms with van der Waals surface area (Å²) in [5, 5.41) is 7.83. The molecule has 1 aliphatic carbocycles. The van der Waals surface area contributed by atoms with E-state index in [1.807, 2.05) is 0 Å². The molecule has 0 saturated heterocycles. The maximum atomic E-state index is 5.61. The van der Waals surface area contributed by atoms with Gasteiger partial charge >= 0.3 is 0 Å². The Kier molecular flexibility index (Phi) is 5.49. The Hall–Kier alpha value is -1.09. The third-order valence-electron chi connectivity index (χ3n) is 4.73. The summed E-state index contributed by atoms with van der Waals surface area (Å²) < 4.78 is 0. The highest BCUT2D eigenvalue weighted by Gasteiger charge is 2.29. The van der Waals surface area contributed by atoms with E-state index in [1.165, 1.54) is 42.5 Å². The minimum absolute atomic E-state index is 0.162. The summed E-state index contributed by atoms with van der Waals surface area (Å²) in [7, 11) is 0. The summed E-state index contributed by atoms with van der Waals surface area (Å²) in [5.74, 6) is 0.956. The first-order chi connectivity index (χ1) is 10.3. The SMILES string of the molecule is CC(C)c1cccc(C(C)C)c1NC(=S)NC1(C)CCCC1. The molecule has 0 aliphatic heterocycles. The monoisotopic (exact) mass is 318 g/mol. The van der Waals surface area contributed by atoms with Gasteiger partial charge in [0.2, 0.25) is 0 Å². The Morgan fingerprint density at radius 2 is 1.55 bits per heavy atom. The van der Waals surface area contributed by atoms with Crippen molar-refractivity contribution >= 4 is 23.0 Å². The molecule has 0 radical (unpaired) electrons. The Labute approximate surface area is 141 Å². The molecule has 2 rings (SSSR count). The van der Waals surface area contributed by atoms with Crippen molar-refractivity contribution in [3.63, 3.8) is 0 Å². The maximum absolute atomic E-state index is 5.61. The minimum atomic E-state index is 0.162. The fourth-order valence-electron chi connectivity index (χ4n) is 3.39. The third kappa shape index (κ3) is 4.01. The second-order valence-corrected chi connectivity index (χ2v) is 7.88. The molecule has 3 heteroatoms. The Bertz CT molecular complexity index is 502. The smallest absolute Gasteiger partial charge is 0.171 e. The van der Waals surface area contributed by atoms with E-state index in [2.05, 4.69) is 63.5 Å². The van der Waals surface area contributed by atoms with Crippen LogP contribution >= 0.6 is 12.2 Å². The first kappa shape index (κ1) is 17.3. The molecule has 0 atom stereocenters. The second-order valence-electron chi connectivity index (χ2n) is 7.47. The molecule has 1 saturated carbocycles. The van der Waals surface area contributed by atoms with Gasteiger partial charge in [0, 0.05) is 11.2 Å². The molecule has 122 valence electrons. The molecule has 1 aromatic rings. The number of anilines is 1. The first-order valence-electron chi connectivity index (χ1n) is 8.54. The number of hydrogen-bond acceptors (Lipinski definition) is 1. The van der Waals surface area contributed by atoms with E-state index in [1.54, 1.807) is 0 Å². The van der Waals surface area contributed by atoms with Crippen LogP contribution in [0.1, 0.15) is 83.3 Å². The summed E-state index contributed by atoms with van der Waals surface area (Å²) in [5.41, 5.74) is 4.04. The van der Waals surface area contributed by atoms with Gasteiger partial charge in [0.25, 0.3) is 0 Å². The van der Waals surface area contributed by atoms with Crippen molar-refractivity contribution in [2.75, 3.05) is 5.32 Å². The number of nitrogens with one attached hydrogen (secondary N) is 2. The van der Waals surface area contributed by atoms with Crippen LogP contribution in [0.25, 0.3) is 0 Å². The first-order valence-corrected chi connectivity index (χ1v) is 8.95. The van der Waals surface area contributed by atoms with Crippen LogP contribution in [0.3, 0.4) is 0 Å². The Morgan fingerprint density at radius 1 is 1.05 bits per heavy atom. The zero-order valence-electron chi connectivity index (χ0n) is 14.6. The number of rotatable bonds is 4. The van der Waals surface area contributed by atoms with E-state index in [-0.39, 0.29) is 5.54 Å². The molecular formula is C19H30N2S. The molecule has 0 spiro atoms. The predicted molar refractivity (Wildman–Crippen MR) is 101 cm³/mol. The molecule has 1 fully saturated rings. The highest BCUT2D eigenvalue weighted by Crippen LogP contribution is 2.33. The van der Waals surface area contributed by atoms with Gasteiger partial charge in [0.05, 0.1) is 0 Å². The standard InChI is InChI=1S/C19H30N2S/c1-13(2)15-9-8-10-16(14(3)4)17(15)20-18(22)21-19(5)11-6-7-12-19/h8-10,13-14H,6-7,11-12H2,1-5H3,(H2,20,21,22). The van der Waals surface area contributed by atoms with Gasteiger partial charge in [-0.25, -0.2) is 0 Å². The van der Waals surface area contributed by atoms with Crippen molar-refractivity contribution in [2.24, 2.45) is 0 Å². The predicted octanol–water partition coefficient (Wildman–Crippen LogP) is 5.55. The molecule has 0 heterocycles. The molecule has 0 amide bonds. The van der Waals surface area contributed by atoms with Gasteiger partial charge in [-0.3, -0.25) is 0 Å². The third-order valence-corrected chi connectivity index (χ3v) is 4.94. The van der Waals surface area contributed by atoms with E-state index in [4.69, 9.17) is 12.2 Å². The van der Waals surface area contributed by atoms with Crippen LogP contribution < -0.4 is 10.6 Å². The van der Waals surface area contributed by atoms with Crippen LogP contribution in [-0.2, 0) is 0 Å². The molecule has 0 unspecified atom stereocenters. The fourth-order valence-corrected chi connectivity index (χ4v) is 3.74. The lowest BCUT2D eigenvalue weighted by Crippen LogP contribution is -2.45. The van der Waals surface area contributed by atoms with Gasteiger partial charge < -0.3 is 10.6 Å². The largest absolute Gasteiger partial charge is 0.357 e. The maximum Gasteiger partial charge on any atom is 0.171 e. The summed E-state index contributed by atoms with van der Waals surface area (Å²) in [6, 6.07) is 6.57. The Balaban J connectivity index is 2.21. The van der Waals surface area contributed by atoms with Crippen molar-refractivity contribution in [1.82, 2.24) is 5.32 Å². The lowest BCUT2D eigenvalue weighted by molar-refractivity contribution is 0.434. The zero-order valence-corrected chi connectivity index (χ0v) is 15.4. The van der Waals surface area contributed by atoms with E-state index in [9.17, 15) is 0 Å². The van der Waals surface area contributed by atoms with Gasteiger partial charge in [-0.05, 0) is 54.9 Å². The molecule has 1 aromatic carbocycles. The highest BCUT2D eigenvalue weighted by atomic mass is 32.1. The molecule has 0 bridgehead atoms. The van der Waals surface area contributed by atoms with Gasteiger partial charge in [-0.1, -0.05) is 58.7 Å². The number of para-hydroxylation sites is 1. The van der Waals surface area contributed by atoms with E-state index in [0.717, 1.165) is 5.11 Å². The van der Waals surface area contributed by atoms with Crippen LogP contribution in [0, 0.1) is 0 Å². The number of thiocarbonyl (C=S) groups is 1. The summed E-state index contributed by atoms with van der Waals surface area (Å²) >= 11 is 5.61. The second kappa shape index (κ2) is 6.99. The van der Waals surface area contributed by atoms with E-state index in [0.29, 0.717) is 11.8 Å². The van der Waals surface area contributed by atoms with Crippen LogP contribution in [0.5, 0.6) is 0 Å². The molecule has 2 N–H and O–H groups in total. The van der Waals surface area contributed by atoms with Gasteiger partial charge in [-0.15, -0.1) is 0 Å². The molecular weight excluding hydrogens is 288 g/mol. The van der Waals surface area contributed by atoms with E-state index < -0.39 is 0 Å². The zero-order chi connectivity index (χ0) is 16.3. The van der Waals surface area contributed by atoms with E-state index >= 15 is 0 Å². The number of hydrogen-bond donors (Lipinski definition) is 2. The van der Waals surface area contributed by atoms with Crippen LogP contribution in [-0.4, -0.2) is 10.7 Å². The van der Waals surface area contributed by atoms with Crippen molar-refractivity contribution in [3.8, 4) is 0 Å². The van der Waals surface area contributed by atoms with Gasteiger partial charge in [-0.2, -0.15) is 0 Å². The topological polar surface area (TPSA) is 24.1 Å². The normalized spacial score (nSPS) is 17.0. The fraction of sp³-hybridized carbons (Fsp3) is 0.632. The highest BCUT2D eigenvalue weighted by molar-refractivity contribution is 7.80. The summed E-state index contributed by atoms with van der Waals surface area (Å²) in [6.45, 7) is 11.2. The summed E-state index contributed by atoms with van der Waals surface area (Å²) in [6.07, 6.45) is 5.01. The van der Waals surface area contributed by atoms with Gasteiger partial charge in [0.1, 0.15) is 0 Å². The lowest BCUT2D eigenvalue weighted by Gasteiger charge is -2.29.